The van der Waals surface area contributed by atoms with Crippen molar-refractivity contribution in [2.75, 3.05) is 7.11 Å². The third-order valence-electron chi connectivity index (χ3n) is 5.13. The summed E-state index contributed by atoms with van der Waals surface area (Å²) in [5.74, 6) is 3.79. The summed E-state index contributed by atoms with van der Waals surface area (Å²) in [6.07, 6.45) is 3.77. The molecule has 1 aliphatic rings. The van der Waals surface area contributed by atoms with E-state index in [2.05, 4.69) is 24.5 Å². The Labute approximate surface area is 131 Å². The number of fused-ring (bicyclic) bond motifs is 1. The van der Waals surface area contributed by atoms with E-state index >= 15 is 0 Å². The summed E-state index contributed by atoms with van der Waals surface area (Å²) in [5.41, 5.74) is 2.16. The number of hydrogen-bond acceptors (Lipinski definition) is 2. The van der Waals surface area contributed by atoms with Crippen LogP contribution >= 0.6 is 11.6 Å². The van der Waals surface area contributed by atoms with Crippen LogP contribution in [0.2, 0.25) is 0 Å². The van der Waals surface area contributed by atoms with E-state index in [-0.39, 0.29) is 0 Å². The lowest BCUT2D eigenvalue weighted by Gasteiger charge is -2.23. The summed E-state index contributed by atoms with van der Waals surface area (Å²) in [6, 6.07) is 6.58. The monoisotopic (exact) mass is 306 g/mol. The fraction of sp³-hybridized carbons (Fsp3) is 0.588. The minimum Gasteiger partial charge on any atom is -0.497 e. The number of alkyl halides is 1. The standard InChI is InChI=1S/C17H23ClN2O/c1-4-12-5-8-15(11(12)2)20-16-9-13(21-3)6-7-14(16)19-17(20)10-18/h6-7,9,11-12,15H,4-5,8,10H2,1-3H3. The van der Waals surface area contributed by atoms with Gasteiger partial charge in [0.2, 0.25) is 0 Å². The van der Waals surface area contributed by atoms with Gasteiger partial charge in [0.25, 0.3) is 0 Å². The summed E-state index contributed by atoms with van der Waals surface area (Å²) in [6.45, 7) is 4.66. The van der Waals surface area contributed by atoms with Gasteiger partial charge in [0, 0.05) is 12.1 Å². The molecule has 1 fully saturated rings. The zero-order chi connectivity index (χ0) is 15.0. The fourth-order valence-corrected chi connectivity index (χ4v) is 4.07. The number of rotatable bonds is 4. The van der Waals surface area contributed by atoms with E-state index in [9.17, 15) is 0 Å². The zero-order valence-corrected chi connectivity index (χ0v) is 13.7. The molecule has 0 N–H and O–H groups in total. The Morgan fingerprint density at radius 3 is 2.81 bits per heavy atom. The van der Waals surface area contributed by atoms with Crippen LogP contribution in [0.1, 0.15) is 45.0 Å². The third-order valence-corrected chi connectivity index (χ3v) is 5.37. The first-order chi connectivity index (χ1) is 10.2. The molecule has 0 saturated heterocycles. The zero-order valence-electron chi connectivity index (χ0n) is 13.0. The Morgan fingerprint density at radius 1 is 1.38 bits per heavy atom. The molecule has 114 valence electrons. The number of nitrogens with zero attached hydrogens (tertiary/aromatic N) is 2. The van der Waals surface area contributed by atoms with Gasteiger partial charge in [-0.2, -0.15) is 0 Å². The average molecular weight is 307 g/mol. The highest BCUT2D eigenvalue weighted by molar-refractivity contribution is 6.16. The van der Waals surface area contributed by atoms with Crippen LogP contribution in [0.25, 0.3) is 11.0 Å². The number of aromatic nitrogens is 2. The van der Waals surface area contributed by atoms with Gasteiger partial charge < -0.3 is 9.30 Å². The van der Waals surface area contributed by atoms with Gasteiger partial charge in [-0.1, -0.05) is 20.3 Å². The average Bonchev–Trinajstić information content (AvgIpc) is 3.05. The van der Waals surface area contributed by atoms with Gasteiger partial charge in [0.1, 0.15) is 11.6 Å². The molecule has 1 heterocycles. The van der Waals surface area contributed by atoms with Crippen LogP contribution in [-0.4, -0.2) is 16.7 Å². The van der Waals surface area contributed by atoms with E-state index in [0.717, 1.165) is 28.5 Å². The van der Waals surface area contributed by atoms with Gasteiger partial charge in [0.15, 0.2) is 0 Å². The SMILES string of the molecule is CCC1CCC(n2c(CCl)nc3ccc(OC)cc32)C1C. The highest BCUT2D eigenvalue weighted by atomic mass is 35.5. The molecule has 3 unspecified atom stereocenters. The molecule has 2 aromatic rings. The number of methoxy groups -OCH3 is 1. The fourth-order valence-electron chi connectivity index (χ4n) is 3.88. The molecule has 0 amide bonds. The summed E-state index contributed by atoms with van der Waals surface area (Å²) in [7, 11) is 1.70. The van der Waals surface area contributed by atoms with Crippen molar-refractivity contribution in [3.05, 3.63) is 24.0 Å². The first kappa shape index (κ1) is 14.7. The summed E-state index contributed by atoms with van der Waals surface area (Å²) in [4.78, 5) is 4.71. The maximum Gasteiger partial charge on any atom is 0.125 e. The summed E-state index contributed by atoms with van der Waals surface area (Å²) in [5, 5.41) is 0. The molecule has 0 spiro atoms. The van der Waals surface area contributed by atoms with E-state index in [1.165, 1.54) is 19.3 Å². The highest BCUT2D eigenvalue weighted by Gasteiger charge is 2.34. The Morgan fingerprint density at radius 2 is 2.19 bits per heavy atom. The molecule has 3 nitrogen and oxygen atoms in total. The molecule has 0 radical (unpaired) electrons. The summed E-state index contributed by atoms with van der Waals surface area (Å²) < 4.78 is 7.74. The number of halogens is 1. The van der Waals surface area contributed by atoms with Crippen molar-refractivity contribution in [2.24, 2.45) is 11.8 Å². The Hall–Kier alpha value is -1.22. The van der Waals surface area contributed by atoms with Crippen molar-refractivity contribution in [3.63, 3.8) is 0 Å². The van der Waals surface area contributed by atoms with Crippen LogP contribution < -0.4 is 4.74 Å². The smallest absolute Gasteiger partial charge is 0.125 e. The van der Waals surface area contributed by atoms with Gasteiger partial charge in [-0.05, 0) is 36.8 Å². The van der Waals surface area contributed by atoms with Crippen molar-refractivity contribution in [3.8, 4) is 5.75 Å². The van der Waals surface area contributed by atoms with Gasteiger partial charge in [-0.3, -0.25) is 0 Å². The summed E-state index contributed by atoms with van der Waals surface area (Å²) >= 11 is 6.16. The first-order valence-corrected chi connectivity index (χ1v) is 8.33. The van der Waals surface area contributed by atoms with Gasteiger partial charge >= 0.3 is 0 Å². The molecule has 3 rings (SSSR count). The van der Waals surface area contributed by atoms with Crippen LogP contribution in [0.3, 0.4) is 0 Å². The predicted octanol–water partition coefficient (Wildman–Crippen LogP) is 4.78. The van der Waals surface area contributed by atoms with Crippen LogP contribution in [0, 0.1) is 11.8 Å². The molecule has 3 atom stereocenters. The quantitative estimate of drug-likeness (QED) is 0.760. The Kier molecular flexibility index (Phi) is 4.12. The Balaban J connectivity index is 2.11. The van der Waals surface area contributed by atoms with Crippen LogP contribution in [0.4, 0.5) is 0 Å². The van der Waals surface area contributed by atoms with E-state index in [1.807, 2.05) is 12.1 Å². The molecular formula is C17H23ClN2O. The number of ether oxygens (including phenoxy) is 1. The van der Waals surface area contributed by atoms with Crippen molar-refractivity contribution < 1.29 is 4.74 Å². The van der Waals surface area contributed by atoms with Gasteiger partial charge in [-0.25, -0.2) is 4.98 Å². The van der Waals surface area contributed by atoms with E-state index in [4.69, 9.17) is 21.3 Å². The molecule has 1 aromatic heterocycles. The molecule has 0 aliphatic heterocycles. The van der Waals surface area contributed by atoms with Crippen molar-refractivity contribution in [1.82, 2.24) is 9.55 Å². The molecule has 1 saturated carbocycles. The molecular weight excluding hydrogens is 284 g/mol. The Bertz CT molecular complexity index is 637. The largest absolute Gasteiger partial charge is 0.497 e. The normalized spacial score (nSPS) is 25.6. The van der Waals surface area contributed by atoms with Crippen LogP contribution in [0.5, 0.6) is 5.75 Å². The topological polar surface area (TPSA) is 27.1 Å². The lowest BCUT2D eigenvalue weighted by Crippen LogP contribution is -2.17. The van der Waals surface area contributed by atoms with E-state index in [0.29, 0.717) is 17.8 Å². The van der Waals surface area contributed by atoms with E-state index < -0.39 is 0 Å². The molecule has 1 aromatic carbocycles. The molecule has 1 aliphatic carbocycles. The maximum atomic E-state index is 6.16. The number of hydrogen-bond donors (Lipinski definition) is 0. The van der Waals surface area contributed by atoms with Gasteiger partial charge in [-0.15, -0.1) is 11.6 Å². The lowest BCUT2D eigenvalue weighted by molar-refractivity contribution is 0.330. The highest BCUT2D eigenvalue weighted by Crippen LogP contribution is 2.44. The lowest BCUT2D eigenvalue weighted by atomic mass is 9.93. The predicted molar refractivity (Wildman–Crippen MR) is 87.1 cm³/mol. The second-order valence-electron chi connectivity index (χ2n) is 6.06. The van der Waals surface area contributed by atoms with Crippen LogP contribution in [0.15, 0.2) is 18.2 Å². The second-order valence-corrected chi connectivity index (χ2v) is 6.33. The van der Waals surface area contributed by atoms with Crippen molar-refractivity contribution in [2.45, 2.75) is 45.0 Å². The first-order valence-electron chi connectivity index (χ1n) is 7.80. The van der Waals surface area contributed by atoms with Gasteiger partial charge in [0.05, 0.1) is 24.0 Å². The van der Waals surface area contributed by atoms with Crippen molar-refractivity contribution in [1.29, 1.82) is 0 Å². The van der Waals surface area contributed by atoms with Crippen molar-refractivity contribution >= 4 is 22.6 Å². The van der Waals surface area contributed by atoms with Crippen LogP contribution in [-0.2, 0) is 5.88 Å². The number of benzene rings is 1. The minimum absolute atomic E-state index is 0.455. The minimum atomic E-state index is 0.455. The number of imidazole rings is 1. The molecule has 0 bridgehead atoms. The molecule has 4 heteroatoms. The van der Waals surface area contributed by atoms with E-state index in [1.54, 1.807) is 7.11 Å². The second kappa shape index (κ2) is 5.88. The maximum absolute atomic E-state index is 6.16. The third kappa shape index (κ3) is 2.42. The molecule has 21 heavy (non-hydrogen) atoms.